The molecule has 23 heavy (non-hydrogen) atoms. The lowest BCUT2D eigenvalue weighted by molar-refractivity contribution is -0.140. The molecule has 2 aliphatic rings. The van der Waals surface area contributed by atoms with Crippen LogP contribution in [0.1, 0.15) is 31.7 Å². The van der Waals surface area contributed by atoms with Crippen LogP contribution in [0.15, 0.2) is 24.3 Å². The molecule has 1 N–H and O–H groups in total. The molecule has 1 heterocycles. The van der Waals surface area contributed by atoms with Crippen LogP contribution >= 0.6 is 11.6 Å². The average Bonchev–Trinajstić information content (AvgIpc) is 3.21. The highest BCUT2D eigenvalue weighted by molar-refractivity contribution is 6.30. The Hall–Kier alpha value is -1.55. The molecule has 1 aromatic carbocycles. The summed E-state index contributed by atoms with van der Waals surface area (Å²) in [4.78, 5) is 25.6. The summed E-state index contributed by atoms with van der Waals surface area (Å²) >= 11 is 5.99. The van der Waals surface area contributed by atoms with Crippen molar-refractivity contribution >= 4 is 23.5 Å². The number of nitrogens with zero attached hydrogens (tertiary/aromatic N) is 1. The van der Waals surface area contributed by atoms with E-state index in [0.717, 1.165) is 24.8 Å². The van der Waals surface area contributed by atoms with E-state index < -0.39 is 5.97 Å². The van der Waals surface area contributed by atoms with Gasteiger partial charge in [0.1, 0.15) is 0 Å². The number of carbonyl (C=O) groups is 2. The van der Waals surface area contributed by atoms with Crippen LogP contribution in [-0.2, 0) is 16.0 Å². The quantitative estimate of drug-likeness (QED) is 0.919. The molecule has 1 saturated heterocycles. The molecule has 0 aromatic heterocycles. The highest BCUT2D eigenvalue weighted by Gasteiger charge is 2.59. The number of hydrogen-bond acceptors (Lipinski definition) is 2. The molecule has 2 atom stereocenters. The lowest BCUT2D eigenvalue weighted by Gasteiger charge is -2.34. The number of benzene rings is 1. The van der Waals surface area contributed by atoms with Crippen LogP contribution in [-0.4, -0.2) is 35.0 Å². The zero-order valence-electron chi connectivity index (χ0n) is 13.3. The lowest BCUT2D eigenvalue weighted by Crippen LogP contribution is -2.42. The van der Waals surface area contributed by atoms with Crippen molar-refractivity contribution in [1.82, 2.24) is 4.90 Å². The van der Waals surface area contributed by atoms with E-state index in [9.17, 15) is 9.59 Å². The van der Waals surface area contributed by atoms with Crippen molar-refractivity contribution < 1.29 is 14.7 Å². The molecule has 1 aliphatic carbocycles. The minimum Gasteiger partial charge on any atom is -0.481 e. The van der Waals surface area contributed by atoms with Gasteiger partial charge < -0.3 is 10.0 Å². The zero-order chi connectivity index (χ0) is 16.6. The maximum Gasteiger partial charge on any atom is 0.307 e. The lowest BCUT2D eigenvalue weighted by atomic mass is 9.89. The Kier molecular flexibility index (Phi) is 4.37. The summed E-state index contributed by atoms with van der Waals surface area (Å²) in [7, 11) is 0. The maximum absolute atomic E-state index is 12.6. The molecule has 1 aromatic rings. The van der Waals surface area contributed by atoms with Crippen LogP contribution in [0.25, 0.3) is 0 Å². The third-order valence-electron chi connectivity index (χ3n) is 5.41. The monoisotopic (exact) mass is 335 g/mol. The van der Waals surface area contributed by atoms with Crippen LogP contribution in [0, 0.1) is 17.3 Å². The van der Waals surface area contributed by atoms with Crippen LogP contribution < -0.4 is 0 Å². The minimum atomic E-state index is -0.681. The van der Waals surface area contributed by atoms with Gasteiger partial charge in [0.25, 0.3) is 0 Å². The number of piperidine rings is 1. The molecular weight excluding hydrogens is 314 g/mol. The van der Waals surface area contributed by atoms with E-state index in [1.165, 1.54) is 0 Å². The van der Waals surface area contributed by atoms with Crippen molar-refractivity contribution in [2.75, 3.05) is 13.1 Å². The van der Waals surface area contributed by atoms with E-state index in [-0.39, 0.29) is 23.2 Å². The summed E-state index contributed by atoms with van der Waals surface area (Å²) in [6, 6.07) is 7.62. The molecule has 2 unspecified atom stereocenters. The number of rotatable bonds is 4. The Morgan fingerprint density at radius 2 is 2.09 bits per heavy atom. The van der Waals surface area contributed by atoms with Gasteiger partial charge in [-0.25, -0.2) is 0 Å². The van der Waals surface area contributed by atoms with Gasteiger partial charge in [-0.1, -0.05) is 30.7 Å². The number of halogens is 1. The van der Waals surface area contributed by atoms with E-state index >= 15 is 0 Å². The van der Waals surface area contributed by atoms with E-state index in [1.807, 2.05) is 36.1 Å². The standard InChI is InChI=1S/C18H22ClNO3/c1-12(9-13-3-2-4-14(19)10-13)16(21)20-7-5-18(6-8-20)11-15(18)17(22)23/h2-4,10,12,15H,5-9,11H2,1H3,(H,22,23). The summed E-state index contributed by atoms with van der Waals surface area (Å²) in [5, 5.41) is 9.82. The first kappa shape index (κ1) is 16.3. The third kappa shape index (κ3) is 3.37. The fourth-order valence-electron chi connectivity index (χ4n) is 3.84. The van der Waals surface area contributed by atoms with Gasteiger partial charge >= 0.3 is 5.97 Å². The number of aliphatic carboxylic acids is 1. The van der Waals surface area contributed by atoms with Crippen molar-refractivity contribution in [3.63, 3.8) is 0 Å². The second kappa shape index (κ2) is 6.16. The van der Waals surface area contributed by atoms with Crippen molar-refractivity contribution in [1.29, 1.82) is 0 Å². The first-order chi connectivity index (χ1) is 10.9. The molecule has 4 nitrogen and oxygen atoms in total. The van der Waals surface area contributed by atoms with Gasteiger partial charge in [0.2, 0.25) is 5.91 Å². The summed E-state index contributed by atoms with van der Waals surface area (Å²) in [5.41, 5.74) is 1.04. The zero-order valence-corrected chi connectivity index (χ0v) is 14.1. The first-order valence-electron chi connectivity index (χ1n) is 8.17. The van der Waals surface area contributed by atoms with E-state index in [0.29, 0.717) is 24.5 Å². The second-order valence-corrected chi connectivity index (χ2v) is 7.45. The molecule has 124 valence electrons. The van der Waals surface area contributed by atoms with Gasteiger partial charge in [-0.2, -0.15) is 0 Å². The van der Waals surface area contributed by atoms with Crippen molar-refractivity contribution in [2.45, 2.75) is 32.6 Å². The topological polar surface area (TPSA) is 57.6 Å². The first-order valence-corrected chi connectivity index (χ1v) is 8.55. The Morgan fingerprint density at radius 3 is 2.65 bits per heavy atom. The highest BCUT2D eigenvalue weighted by Crippen LogP contribution is 2.59. The Labute approximate surface area is 141 Å². The molecule has 1 amide bonds. The summed E-state index contributed by atoms with van der Waals surface area (Å²) < 4.78 is 0. The Bertz CT molecular complexity index is 622. The summed E-state index contributed by atoms with van der Waals surface area (Å²) in [5.74, 6) is -0.799. The van der Waals surface area contributed by atoms with Gasteiger partial charge in [0.05, 0.1) is 5.92 Å². The smallest absolute Gasteiger partial charge is 0.307 e. The van der Waals surface area contributed by atoms with Crippen molar-refractivity contribution in [3.05, 3.63) is 34.9 Å². The number of carboxylic acid groups (broad SMARTS) is 1. The number of likely N-dealkylation sites (tertiary alicyclic amines) is 1. The predicted octanol–water partition coefficient (Wildman–Crippen LogP) is 3.23. The van der Waals surface area contributed by atoms with Crippen LogP contribution in [0.2, 0.25) is 5.02 Å². The van der Waals surface area contributed by atoms with Crippen LogP contribution in [0.4, 0.5) is 0 Å². The largest absolute Gasteiger partial charge is 0.481 e. The molecule has 1 aliphatic heterocycles. The van der Waals surface area contributed by atoms with Gasteiger partial charge in [0.15, 0.2) is 0 Å². The number of carbonyl (C=O) groups excluding carboxylic acids is 1. The average molecular weight is 336 g/mol. The fraction of sp³-hybridized carbons (Fsp3) is 0.556. The summed E-state index contributed by atoms with van der Waals surface area (Å²) in [6.07, 6.45) is 3.10. The number of amides is 1. The predicted molar refractivity (Wildman–Crippen MR) is 88.3 cm³/mol. The molecule has 2 fully saturated rings. The molecule has 1 saturated carbocycles. The number of carboxylic acids is 1. The molecular formula is C18H22ClNO3. The Balaban J connectivity index is 1.54. The van der Waals surface area contributed by atoms with Crippen molar-refractivity contribution in [2.24, 2.45) is 17.3 Å². The SMILES string of the molecule is CC(Cc1cccc(Cl)c1)C(=O)N1CCC2(CC1)CC2C(=O)O. The molecule has 3 rings (SSSR count). The van der Waals surface area contributed by atoms with Gasteiger partial charge in [0, 0.05) is 24.0 Å². The number of hydrogen-bond donors (Lipinski definition) is 1. The Morgan fingerprint density at radius 1 is 1.39 bits per heavy atom. The van der Waals surface area contributed by atoms with E-state index in [2.05, 4.69) is 0 Å². The summed E-state index contributed by atoms with van der Waals surface area (Å²) in [6.45, 7) is 3.32. The van der Waals surface area contributed by atoms with Crippen LogP contribution in [0.5, 0.6) is 0 Å². The van der Waals surface area contributed by atoms with E-state index in [1.54, 1.807) is 0 Å². The van der Waals surface area contributed by atoms with Gasteiger partial charge in [-0.15, -0.1) is 0 Å². The van der Waals surface area contributed by atoms with Gasteiger partial charge in [-0.3, -0.25) is 9.59 Å². The highest BCUT2D eigenvalue weighted by atomic mass is 35.5. The molecule has 1 spiro atoms. The molecule has 0 bridgehead atoms. The normalized spacial score (nSPS) is 23.6. The minimum absolute atomic E-state index is 0.0290. The fourth-order valence-corrected chi connectivity index (χ4v) is 4.05. The third-order valence-corrected chi connectivity index (χ3v) is 5.65. The van der Waals surface area contributed by atoms with Crippen molar-refractivity contribution in [3.8, 4) is 0 Å². The van der Waals surface area contributed by atoms with E-state index in [4.69, 9.17) is 16.7 Å². The van der Waals surface area contributed by atoms with Crippen LogP contribution in [0.3, 0.4) is 0 Å². The maximum atomic E-state index is 12.6. The molecule has 5 heteroatoms. The van der Waals surface area contributed by atoms with Gasteiger partial charge in [-0.05, 0) is 48.8 Å². The second-order valence-electron chi connectivity index (χ2n) is 7.02. The molecule has 0 radical (unpaired) electrons.